The van der Waals surface area contributed by atoms with Crippen molar-refractivity contribution in [1.29, 1.82) is 0 Å². The van der Waals surface area contributed by atoms with Gasteiger partial charge >= 0.3 is 0 Å². The minimum Gasteiger partial charge on any atom is -0.343 e. The van der Waals surface area contributed by atoms with Crippen molar-refractivity contribution < 1.29 is 0 Å². The lowest BCUT2D eigenvalue weighted by Crippen LogP contribution is -2.43. The summed E-state index contributed by atoms with van der Waals surface area (Å²) in [5.74, 6) is 0. The summed E-state index contributed by atoms with van der Waals surface area (Å²) in [6.07, 6.45) is 0.388. The van der Waals surface area contributed by atoms with Crippen LogP contribution in [0, 0.1) is 0 Å². The Balaban J connectivity index is 1.56. The Labute approximate surface area is 218 Å². The van der Waals surface area contributed by atoms with Gasteiger partial charge in [-0.15, -0.1) is 0 Å². The normalized spacial score (nSPS) is 16.3. The van der Waals surface area contributed by atoms with Crippen LogP contribution in [0.25, 0.3) is 0 Å². The highest BCUT2D eigenvalue weighted by Gasteiger charge is 2.41. The van der Waals surface area contributed by atoms with E-state index in [0.717, 1.165) is 0 Å². The fraction of sp³-hybridized carbons (Fsp3) is 0.438. The molecule has 5 rings (SSSR count). The van der Waals surface area contributed by atoms with Crippen molar-refractivity contribution in [2.45, 2.75) is 91.9 Å². The molecule has 0 bridgehead atoms. The summed E-state index contributed by atoms with van der Waals surface area (Å²) in [7, 11) is 0. The van der Waals surface area contributed by atoms with Crippen molar-refractivity contribution in [3.8, 4) is 0 Å². The fourth-order valence-electron chi connectivity index (χ4n) is 6.32. The van der Waals surface area contributed by atoms with Gasteiger partial charge in [-0.3, -0.25) is 0 Å². The SMILES string of the molecule is CC(C)N1c2ccccc2N(C(C)C)C1c1ccc(C2N(C(C)C)c3ccccc3N2C(C)C)cc1. The molecule has 0 unspecified atom stereocenters. The van der Waals surface area contributed by atoms with Gasteiger partial charge in [-0.25, -0.2) is 0 Å². The van der Waals surface area contributed by atoms with Crippen LogP contribution in [0.4, 0.5) is 22.7 Å². The molecule has 0 fully saturated rings. The van der Waals surface area contributed by atoms with E-state index in [1.807, 2.05) is 0 Å². The molecule has 2 aliphatic heterocycles. The maximum Gasteiger partial charge on any atom is 0.129 e. The first-order valence-electron chi connectivity index (χ1n) is 13.6. The molecule has 0 N–H and O–H groups in total. The third kappa shape index (κ3) is 3.82. The number of hydrogen-bond donors (Lipinski definition) is 0. The van der Waals surface area contributed by atoms with E-state index in [9.17, 15) is 0 Å². The second-order valence-electron chi connectivity index (χ2n) is 11.4. The van der Waals surface area contributed by atoms with Crippen LogP contribution < -0.4 is 19.6 Å². The van der Waals surface area contributed by atoms with Crippen LogP contribution in [0.15, 0.2) is 72.8 Å². The van der Waals surface area contributed by atoms with E-state index in [2.05, 4.69) is 148 Å². The van der Waals surface area contributed by atoms with Crippen molar-refractivity contribution in [1.82, 2.24) is 0 Å². The Kier molecular flexibility index (Phi) is 6.40. The van der Waals surface area contributed by atoms with Crippen LogP contribution in [0.3, 0.4) is 0 Å². The molecular formula is C32H42N4. The Hall–Kier alpha value is -3.14. The second-order valence-corrected chi connectivity index (χ2v) is 11.4. The highest BCUT2D eigenvalue weighted by atomic mass is 15.4. The molecule has 3 aromatic rings. The fourth-order valence-corrected chi connectivity index (χ4v) is 6.32. The number of rotatable bonds is 6. The Morgan fingerprint density at radius 2 is 0.611 bits per heavy atom. The lowest BCUT2D eigenvalue weighted by atomic mass is 10.0. The van der Waals surface area contributed by atoms with E-state index in [0.29, 0.717) is 24.2 Å². The molecule has 0 saturated carbocycles. The third-order valence-electron chi connectivity index (χ3n) is 7.69. The van der Waals surface area contributed by atoms with Gasteiger partial charge in [0, 0.05) is 24.2 Å². The maximum atomic E-state index is 2.58. The minimum atomic E-state index is 0.194. The summed E-state index contributed by atoms with van der Waals surface area (Å²) in [6, 6.07) is 28.8. The molecule has 0 saturated heterocycles. The molecule has 0 spiro atoms. The minimum absolute atomic E-state index is 0.194. The second kappa shape index (κ2) is 9.38. The van der Waals surface area contributed by atoms with E-state index >= 15 is 0 Å². The summed E-state index contributed by atoms with van der Waals surface area (Å²) in [5.41, 5.74) is 8.02. The van der Waals surface area contributed by atoms with Crippen molar-refractivity contribution >= 4 is 22.7 Å². The van der Waals surface area contributed by atoms with Gasteiger partial charge < -0.3 is 19.6 Å². The first-order valence-corrected chi connectivity index (χ1v) is 13.6. The molecule has 0 radical (unpaired) electrons. The van der Waals surface area contributed by atoms with Gasteiger partial charge in [-0.2, -0.15) is 0 Å². The lowest BCUT2D eigenvalue weighted by molar-refractivity contribution is 0.521. The molecule has 0 aromatic heterocycles. The highest BCUT2D eigenvalue weighted by molar-refractivity contribution is 5.80. The van der Waals surface area contributed by atoms with E-state index in [-0.39, 0.29) is 12.3 Å². The van der Waals surface area contributed by atoms with E-state index in [1.54, 1.807) is 0 Å². The predicted molar refractivity (Wildman–Crippen MR) is 155 cm³/mol. The molecule has 4 nitrogen and oxygen atoms in total. The largest absolute Gasteiger partial charge is 0.343 e. The number of benzene rings is 3. The third-order valence-corrected chi connectivity index (χ3v) is 7.69. The van der Waals surface area contributed by atoms with Crippen LogP contribution in [-0.4, -0.2) is 24.2 Å². The molecule has 36 heavy (non-hydrogen) atoms. The van der Waals surface area contributed by atoms with Crippen molar-refractivity contribution in [2.24, 2.45) is 0 Å². The average Bonchev–Trinajstić information content (AvgIpc) is 3.38. The monoisotopic (exact) mass is 482 g/mol. The van der Waals surface area contributed by atoms with Crippen molar-refractivity contribution in [3.63, 3.8) is 0 Å². The summed E-state index contributed by atoms with van der Waals surface area (Å²) in [5, 5.41) is 0. The Bertz CT molecular complexity index is 1030. The first kappa shape index (κ1) is 24.5. The molecule has 190 valence electrons. The van der Waals surface area contributed by atoms with E-state index in [1.165, 1.54) is 33.9 Å². The highest BCUT2D eigenvalue weighted by Crippen LogP contribution is 2.50. The maximum absolute atomic E-state index is 2.58. The van der Waals surface area contributed by atoms with Crippen molar-refractivity contribution in [3.05, 3.63) is 83.9 Å². The van der Waals surface area contributed by atoms with Crippen molar-refractivity contribution in [2.75, 3.05) is 19.6 Å². The summed E-state index contributed by atoms with van der Waals surface area (Å²) in [4.78, 5) is 10.3. The number of nitrogens with zero attached hydrogens (tertiary/aromatic N) is 4. The number of para-hydroxylation sites is 4. The molecule has 0 atom stereocenters. The molecule has 2 aliphatic rings. The van der Waals surface area contributed by atoms with Crippen LogP contribution in [0.1, 0.15) is 78.8 Å². The number of anilines is 4. The van der Waals surface area contributed by atoms with Gasteiger partial charge in [-0.1, -0.05) is 48.5 Å². The zero-order valence-corrected chi connectivity index (χ0v) is 23.2. The van der Waals surface area contributed by atoms with Gasteiger partial charge in [0.25, 0.3) is 0 Å². The molecule has 2 heterocycles. The molecular weight excluding hydrogens is 440 g/mol. The van der Waals surface area contributed by atoms with Crippen LogP contribution in [-0.2, 0) is 0 Å². The molecule has 0 amide bonds. The van der Waals surface area contributed by atoms with E-state index in [4.69, 9.17) is 0 Å². The van der Waals surface area contributed by atoms with Gasteiger partial charge in [0.15, 0.2) is 0 Å². The molecule has 4 heteroatoms. The summed E-state index contributed by atoms with van der Waals surface area (Å²) >= 11 is 0. The zero-order chi connectivity index (χ0) is 25.7. The molecule has 3 aromatic carbocycles. The zero-order valence-electron chi connectivity index (χ0n) is 23.2. The predicted octanol–water partition coefficient (Wildman–Crippen LogP) is 7.97. The van der Waals surface area contributed by atoms with Gasteiger partial charge in [0.2, 0.25) is 0 Å². The first-order chi connectivity index (χ1) is 17.2. The Morgan fingerprint density at radius 1 is 0.389 bits per heavy atom. The number of hydrogen-bond acceptors (Lipinski definition) is 4. The average molecular weight is 483 g/mol. The van der Waals surface area contributed by atoms with Gasteiger partial charge in [0.05, 0.1) is 22.7 Å². The van der Waals surface area contributed by atoms with Crippen LogP contribution in [0.5, 0.6) is 0 Å². The van der Waals surface area contributed by atoms with Gasteiger partial charge in [-0.05, 0) is 90.8 Å². The van der Waals surface area contributed by atoms with Gasteiger partial charge in [0.1, 0.15) is 12.3 Å². The van der Waals surface area contributed by atoms with E-state index < -0.39 is 0 Å². The molecule has 0 aliphatic carbocycles. The Morgan fingerprint density at radius 3 is 0.806 bits per heavy atom. The summed E-state index contributed by atoms with van der Waals surface area (Å²) in [6.45, 7) is 18.4. The van der Waals surface area contributed by atoms with Crippen LogP contribution >= 0.6 is 0 Å². The summed E-state index contributed by atoms with van der Waals surface area (Å²) < 4.78 is 0. The quantitative estimate of drug-likeness (QED) is 0.353. The smallest absolute Gasteiger partial charge is 0.129 e. The number of fused-ring (bicyclic) bond motifs is 2. The topological polar surface area (TPSA) is 13.0 Å². The van der Waals surface area contributed by atoms with Crippen LogP contribution in [0.2, 0.25) is 0 Å². The lowest BCUT2D eigenvalue weighted by Gasteiger charge is -2.39. The standard InChI is InChI=1S/C32H42N4/c1-21(2)33-27-13-9-10-14-28(27)34(22(3)4)31(33)25-17-19-26(20-18-25)32-35(23(5)6)29-15-11-12-16-30(29)36(32)24(7)8/h9-24,31-32H,1-8H3.